The van der Waals surface area contributed by atoms with Gasteiger partial charge in [-0.25, -0.2) is 15.0 Å². The molecule has 0 bridgehead atoms. The van der Waals surface area contributed by atoms with Crippen LogP contribution < -0.4 is 5.32 Å². The first-order valence-corrected chi connectivity index (χ1v) is 10.7. The van der Waals surface area contributed by atoms with Crippen molar-refractivity contribution in [2.75, 3.05) is 18.5 Å². The lowest BCUT2D eigenvalue weighted by Gasteiger charge is -2.30. The Morgan fingerprint density at radius 2 is 2.04 bits per heavy atom. The van der Waals surface area contributed by atoms with E-state index in [2.05, 4.69) is 20.3 Å². The van der Waals surface area contributed by atoms with E-state index < -0.39 is 37.7 Å². The van der Waals surface area contributed by atoms with Gasteiger partial charge in [0.15, 0.2) is 17.7 Å². The molecule has 156 valence electrons. The molecule has 0 spiro atoms. The number of nitrogens with one attached hydrogen (secondary N) is 1. The first kappa shape index (κ1) is 21.1. The highest BCUT2D eigenvalue weighted by Crippen LogP contribution is 2.47. The molecular formula is C16H26N5O6P. The topological polar surface area (TPSA) is 152 Å². The maximum absolute atomic E-state index is 11.9. The molecule has 0 aliphatic carbocycles. The van der Waals surface area contributed by atoms with Gasteiger partial charge in [-0.1, -0.05) is 6.92 Å². The molecule has 2 aromatic heterocycles. The van der Waals surface area contributed by atoms with Crippen molar-refractivity contribution in [1.29, 1.82) is 0 Å². The van der Waals surface area contributed by atoms with Crippen LogP contribution in [0.5, 0.6) is 0 Å². The van der Waals surface area contributed by atoms with Crippen LogP contribution in [-0.2, 0) is 13.8 Å². The van der Waals surface area contributed by atoms with Crippen LogP contribution in [-0.4, -0.2) is 71.7 Å². The second-order valence-corrected chi connectivity index (χ2v) is 9.44. The van der Waals surface area contributed by atoms with E-state index in [1.54, 1.807) is 27.8 Å². The summed E-state index contributed by atoms with van der Waals surface area (Å²) in [6.45, 7) is 4.84. The molecule has 3 rings (SSSR count). The summed E-state index contributed by atoms with van der Waals surface area (Å²) in [6, 6.07) is 0. The molecule has 0 radical (unpaired) electrons. The zero-order chi connectivity index (χ0) is 20.7. The molecule has 1 fully saturated rings. The summed E-state index contributed by atoms with van der Waals surface area (Å²) in [7, 11) is -2.02. The number of aliphatic hydroxyl groups is 2. The Balaban J connectivity index is 1.82. The number of hydrogen-bond acceptors (Lipinski definition) is 9. The summed E-state index contributed by atoms with van der Waals surface area (Å²) < 4.78 is 24.7. The number of aromatic nitrogens is 4. The zero-order valence-corrected chi connectivity index (χ0v) is 17.1. The molecule has 0 amide bonds. The first-order chi connectivity index (χ1) is 13.1. The van der Waals surface area contributed by atoms with Crippen LogP contribution in [0.2, 0.25) is 0 Å². The van der Waals surface area contributed by atoms with Crippen molar-refractivity contribution < 1.29 is 28.9 Å². The van der Waals surface area contributed by atoms with Crippen LogP contribution in [0.4, 0.5) is 5.82 Å². The molecule has 3 unspecified atom stereocenters. The van der Waals surface area contributed by atoms with Crippen molar-refractivity contribution in [3.05, 3.63) is 12.7 Å². The fourth-order valence-electron chi connectivity index (χ4n) is 3.32. The van der Waals surface area contributed by atoms with Gasteiger partial charge in [0.25, 0.3) is 0 Å². The lowest BCUT2D eigenvalue weighted by Crippen LogP contribution is -2.37. The predicted octanol–water partition coefficient (Wildman–Crippen LogP) is 0.878. The summed E-state index contributed by atoms with van der Waals surface area (Å²) in [4.78, 5) is 22.3. The van der Waals surface area contributed by atoms with Crippen molar-refractivity contribution in [2.45, 2.75) is 57.3 Å². The molecule has 0 aromatic carbocycles. The summed E-state index contributed by atoms with van der Waals surface area (Å²) in [5.41, 5.74) is -0.0943. The normalized spacial score (nSPS) is 27.8. The molecule has 1 saturated heterocycles. The summed E-state index contributed by atoms with van der Waals surface area (Å²) >= 11 is 0. The summed E-state index contributed by atoms with van der Waals surface area (Å²) in [5.74, 6) is 0.529. The maximum atomic E-state index is 11.9. The number of aliphatic hydroxyl groups excluding tert-OH is 2. The number of fused-ring (bicyclic) bond motifs is 1. The molecule has 5 atom stereocenters. The van der Waals surface area contributed by atoms with Gasteiger partial charge in [0.1, 0.15) is 24.1 Å². The van der Waals surface area contributed by atoms with Crippen molar-refractivity contribution in [2.24, 2.45) is 0 Å². The minimum Gasteiger partial charge on any atom is -0.388 e. The summed E-state index contributed by atoms with van der Waals surface area (Å²) in [6.07, 6.45) is -1.28. The van der Waals surface area contributed by atoms with E-state index in [4.69, 9.17) is 9.26 Å². The van der Waals surface area contributed by atoms with Crippen molar-refractivity contribution in [3.63, 3.8) is 0 Å². The molecule has 1 aliphatic heterocycles. The fourth-order valence-corrected chi connectivity index (χ4v) is 4.30. The smallest absolute Gasteiger partial charge is 0.328 e. The van der Waals surface area contributed by atoms with Gasteiger partial charge in [0, 0.05) is 19.6 Å². The van der Waals surface area contributed by atoms with Crippen molar-refractivity contribution in [3.8, 4) is 0 Å². The molecule has 4 N–H and O–H groups in total. The van der Waals surface area contributed by atoms with E-state index in [0.29, 0.717) is 17.0 Å². The third-order valence-corrected chi connectivity index (χ3v) is 6.27. The Kier molecular flexibility index (Phi) is 5.77. The van der Waals surface area contributed by atoms with E-state index in [1.807, 2.05) is 0 Å². The van der Waals surface area contributed by atoms with Crippen LogP contribution >= 0.6 is 7.60 Å². The minimum atomic E-state index is -3.73. The standard InChI is InChI=1S/C16H26N5O6P/c1-5-28(24,25)27-16(2,3)6-9-11(22)12(23)15(26-9)21-8-20-10-13(17-4)18-7-19-14(10)21/h7-9,11-12,15,22-23H,5-6H2,1-4H3,(H,24,25)(H,17,18,19)/t9?,11?,12-,15-/m1/s1. The van der Waals surface area contributed by atoms with E-state index >= 15 is 0 Å². The fraction of sp³-hybridized carbons (Fsp3) is 0.688. The Labute approximate surface area is 162 Å². The van der Waals surface area contributed by atoms with Gasteiger partial charge in [0.2, 0.25) is 0 Å². The van der Waals surface area contributed by atoms with Crippen LogP contribution in [0.25, 0.3) is 11.2 Å². The number of rotatable bonds is 7. The second-order valence-electron chi connectivity index (χ2n) is 7.35. The number of anilines is 1. The maximum Gasteiger partial charge on any atom is 0.328 e. The Hall–Kier alpha value is -1.62. The highest BCUT2D eigenvalue weighted by Gasteiger charge is 2.47. The van der Waals surface area contributed by atoms with E-state index in [0.717, 1.165) is 0 Å². The number of nitrogens with zero attached hydrogens (tertiary/aromatic N) is 4. The highest BCUT2D eigenvalue weighted by atomic mass is 31.2. The van der Waals surface area contributed by atoms with Crippen LogP contribution in [0.15, 0.2) is 12.7 Å². The van der Waals surface area contributed by atoms with Gasteiger partial charge < -0.3 is 29.7 Å². The molecule has 2 aromatic rings. The van der Waals surface area contributed by atoms with Crippen LogP contribution in [0.1, 0.15) is 33.4 Å². The van der Waals surface area contributed by atoms with E-state index in [-0.39, 0.29) is 12.6 Å². The van der Waals surface area contributed by atoms with Gasteiger partial charge in [-0.2, -0.15) is 0 Å². The van der Waals surface area contributed by atoms with Gasteiger partial charge >= 0.3 is 7.60 Å². The Morgan fingerprint density at radius 1 is 1.32 bits per heavy atom. The summed E-state index contributed by atoms with van der Waals surface area (Å²) in [5, 5.41) is 23.9. The predicted molar refractivity (Wildman–Crippen MR) is 101 cm³/mol. The quantitative estimate of drug-likeness (QED) is 0.480. The third kappa shape index (κ3) is 4.05. The lowest BCUT2D eigenvalue weighted by molar-refractivity contribution is -0.0601. The zero-order valence-electron chi connectivity index (χ0n) is 16.2. The molecule has 1 aliphatic rings. The Morgan fingerprint density at radius 3 is 2.68 bits per heavy atom. The first-order valence-electron chi connectivity index (χ1n) is 8.98. The molecule has 12 heteroatoms. The molecule has 28 heavy (non-hydrogen) atoms. The minimum absolute atomic E-state index is 0.0235. The van der Waals surface area contributed by atoms with E-state index in [1.165, 1.54) is 17.2 Å². The van der Waals surface area contributed by atoms with Gasteiger partial charge in [-0.3, -0.25) is 9.13 Å². The van der Waals surface area contributed by atoms with E-state index in [9.17, 15) is 19.7 Å². The average molecular weight is 415 g/mol. The largest absolute Gasteiger partial charge is 0.388 e. The number of hydrogen-bond donors (Lipinski definition) is 4. The van der Waals surface area contributed by atoms with Crippen LogP contribution in [0.3, 0.4) is 0 Å². The van der Waals surface area contributed by atoms with Gasteiger partial charge in [0.05, 0.1) is 18.0 Å². The molecular weight excluding hydrogens is 389 g/mol. The van der Waals surface area contributed by atoms with Crippen molar-refractivity contribution in [1.82, 2.24) is 19.5 Å². The molecule has 11 nitrogen and oxygen atoms in total. The van der Waals surface area contributed by atoms with Gasteiger partial charge in [-0.05, 0) is 13.8 Å². The van der Waals surface area contributed by atoms with Gasteiger partial charge in [-0.15, -0.1) is 0 Å². The van der Waals surface area contributed by atoms with Crippen molar-refractivity contribution >= 4 is 24.6 Å². The molecule has 3 heterocycles. The Bertz CT molecular complexity index is 890. The van der Waals surface area contributed by atoms with Crippen LogP contribution in [0, 0.1) is 0 Å². The number of ether oxygens (including phenoxy) is 1. The second kappa shape index (κ2) is 7.66. The SMILES string of the molecule is CCP(=O)(O)OC(C)(C)CC1O[C@@H](n2cnc3c(NC)ncnc32)[C@H](O)C1O. The monoisotopic (exact) mass is 415 g/mol. The molecule has 0 saturated carbocycles. The lowest BCUT2D eigenvalue weighted by atomic mass is 9.97. The highest BCUT2D eigenvalue weighted by molar-refractivity contribution is 7.52. The average Bonchev–Trinajstić information content (AvgIpc) is 3.17. The number of imidazole rings is 1. The third-order valence-electron chi connectivity index (χ3n) is 4.69.